The van der Waals surface area contributed by atoms with Crippen molar-refractivity contribution in [3.05, 3.63) is 0 Å². The molecule has 0 saturated carbocycles. The van der Waals surface area contributed by atoms with Crippen LogP contribution in [0.3, 0.4) is 0 Å². The second kappa shape index (κ2) is 7.61. The normalized spacial score (nSPS) is 12.0. The van der Waals surface area contributed by atoms with E-state index in [9.17, 15) is 14.4 Å². The van der Waals surface area contributed by atoms with Gasteiger partial charge in [0.1, 0.15) is 6.04 Å². The van der Waals surface area contributed by atoms with Crippen LogP contribution in [-0.2, 0) is 14.4 Å². The zero-order valence-electron chi connectivity index (χ0n) is 10.2. The minimum atomic E-state index is -1.14. The van der Waals surface area contributed by atoms with E-state index in [0.717, 1.165) is 0 Å². The molecule has 7 nitrogen and oxygen atoms in total. The maximum absolute atomic E-state index is 11.2. The lowest BCUT2D eigenvalue weighted by Crippen LogP contribution is -2.48. The van der Waals surface area contributed by atoms with E-state index in [1.807, 2.05) is 13.8 Å². The number of nitrogens with one attached hydrogen (secondary N) is 3. The lowest BCUT2D eigenvalue weighted by atomic mass is 10.3. The van der Waals surface area contributed by atoms with Gasteiger partial charge in [0.2, 0.25) is 11.8 Å². The summed E-state index contributed by atoms with van der Waals surface area (Å²) in [5.74, 6) is -1.78. The van der Waals surface area contributed by atoms with Crippen LogP contribution in [0.5, 0.6) is 0 Å². The lowest BCUT2D eigenvalue weighted by molar-refractivity contribution is -0.141. The highest BCUT2D eigenvalue weighted by Crippen LogP contribution is 1.83. The second-order valence-corrected chi connectivity index (χ2v) is 3.94. The summed E-state index contributed by atoms with van der Waals surface area (Å²) in [6, 6.07) is -0.991. The maximum atomic E-state index is 11.2. The molecule has 0 aliphatic heterocycles. The van der Waals surface area contributed by atoms with Gasteiger partial charge in [-0.2, -0.15) is 0 Å². The molecule has 0 aliphatic rings. The Kier molecular flexibility index (Phi) is 6.88. The third-order valence-electron chi connectivity index (χ3n) is 1.76. The Balaban J connectivity index is 3.94. The van der Waals surface area contributed by atoms with E-state index in [-0.39, 0.29) is 25.0 Å². The zero-order chi connectivity index (χ0) is 13.4. The number of aliphatic carboxylic acids is 1. The number of carbonyl (C=O) groups is 3. The molecule has 17 heavy (non-hydrogen) atoms. The molecular formula is C10H19N3O4. The van der Waals surface area contributed by atoms with Gasteiger partial charge in [0.15, 0.2) is 0 Å². The first-order chi connectivity index (χ1) is 7.82. The Hall–Kier alpha value is -1.63. The van der Waals surface area contributed by atoms with E-state index in [1.54, 1.807) is 0 Å². The van der Waals surface area contributed by atoms with Crippen LogP contribution in [-0.4, -0.2) is 48.1 Å². The smallest absolute Gasteiger partial charge is 0.327 e. The molecular weight excluding hydrogens is 226 g/mol. The third-order valence-corrected chi connectivity index (χ3v) is 1.76. The first kappa shape index (κ1) is 15.4. The Morgan fingerprint density at radius 1 is 1.18 bits per heavy atom. The summed E-state index contributed by atoms with van der Waals surface area (Å²) in [5.41, 5.74) is 0. The predicted octanol–water partition coefficient (Wildman–Crippen LogP) is -1.31. The first-order valence-corrected chi connectivity index (χ1v) is 5.33. The summed E-state index contributed by atoms with van der Waals surface area (Å²) in [7, 11) is 0. The van der Waals surface area contributed by atoms with E-state index >= 15 is 0 Å². The summed E-state index contributed by atoms with van der Waals surface area (Å²) in [4.78, 5) is 32.7. The molecule has 4 N–H and O–H groups in total. The lowest BCUT2D eigenvalue weighted by Gasteiger charge is -2.14. The van der Waals surface area contributed by atoms with Crippen LogP contribution in [0.25, 0.3) is 0 Å². The number of rotatable bonds is 7. The summed E-state index contributed by atoms with van der Waals surface area (Å²) < 4.78 is 0. The molecule has 0 radical (unpaired) electrons. The van der Waals surface area contributed by atoms with Crippen LogP contribution in [0, 0.1) is 0 Å². The maximum Gasteiger partial charge on any atom is 0.327 e. The van der Waals surface area contributed by atoms with Crippen LogP contribution in [0.4, 0.5) is 0 Å². The molecule has 0 bridgehead atoms. The standard InChI is InChI=1S/C10H19N3O4/c1-6(2)12-9(15)5-11-4-8(10(16)17)13-7(3)14/h6,8,11H,4-5H2,1-3H3,(H,12,15)(H,13,14)(H,16,17). The Morgan fingerprint density at radius 2 is 1.76 bits per heavy atom. The van der Waals surface area contributed by atoms with Crippen LogP contribution < -0.4 is 16.0 Å². The quantitative estimate of drug-likeness (QED) is 0.445. The van der Waals surface area contributed by atoms with Crippen LogP contribution in [0.2, 0.25) is 0 Å². The van der Waals surface area contributed by atoms with Gasteiger partial charge in [-0.25, -0.2) is 4.79 Å². The molecule has 0 heterocycles. The van der Waals surface area contributed by atoms with Crippen molar-refractivity contribution in [1.29, 1.82) is 0 Å². The van der Waals surface area contributed by atoms with Gasteiger partial charge < -0.3 is 21.1 Å². The van der Waals surface area contributed by atoms with Gasteiger partial charge in [-0.1, -0.05) is 0 Å². The number of carboxylic acids is 1. The van der Waals surface area contributed by atoms with Crippen molar-refractivity contribution in [2.75, 3.05) is 13.1 Å². The Labute approximate surface area is 100.0 Å². The van der Waals surface area contributed by atoms with Crippen molar-refractivity contribution in [2.24, 2.45) is 0 Å². The molecule has 0 aromatic rings. The van der Waals surface area contributed by atoms with Crippen LogP contribution in [0.1, 0.15) is 20.8 Å². The molecule has 0 fully saturated rings. The van der Waals surface area contributed by atoms with Crippen molar-refractivity contribution in [2.45, 2.75) is 32.9 Å². The van der Waals surface area contributed by atoms with Gasteiger partial charge >= 0.3 is 5.97 Å². The molecule has 0 rings (SSSR count). The van der Waals surface area contributed by atoms with Crippen molar-refractivity contribution >= 4 is 17.8 Å². The van der Waals surface area contributed by atoms with Gasteiger partial charge in [-0.3, -0.25) is 9.59 Å². The number of hydrogen-bond donors (Lipinski definition) is 4. The molecule has 0 aliphatic carbocycles. The Morgan fingerprint density at radius 3 is 2.18 bits per heavy atom. The fourth-order valence-corrected chi connectivity index (χ4v) is 1.15. The van der Waals surface area contributed by atoms with Gasteiger partial charge in [0, 0.05) is 19.5 Å². The van der Waals surface area contributed by atoms with Crippen LogP contribution >= 0.6 is 0 Å². The monoisotopic (exact) mass is 245 g/mol. The summed E-state index contributed by atoms with van der Waals surface area (Å²) in [6.45, 7) is 4.91. The fraction of sp³-hybridized carbons (Fsp3) is 0.700. The molecule has 98 valence electrons. The third kappa shape index (κ3) is 8.21. The molecule has 0 saturated heterocycles. The number of carbonyl (C=O) groups excluding carboxylic acids is 2. The second-order valence-electron chi connectivity index (χ2n) is 3.94. The molecule has 1 atom stereocenters. The topological polar surface area (TPSA) is 108 Å². The Bertz CT molecular complexity index is 291. The summed E-state index contributed by atoms with van der Waals surface area (Å²) >= 11 is 0. The van der Waals surface area contributed by atoms with Crippen molar-refractivity contribution < 1.29 is 19.5 Å². The minimum Gasteiger partial charge on any atom is -0.480 e. The largest absolute Gasteiger partial charge is 0.480 e. The molecule has 7 heteroatoms. The highest BCUT2D eigenvalue weighted by Gasteiger charge is 2.17. The van der Waals surface area contributed by atoms with Crippen molar-refractivity contribution in [3.8, 4) is 0 Å². The molecule has 2 amide bonds. The van der Waals surface area contributed by atoms with E-state index in [4.69, 9.17) is 5.11 Å². The van der Waals surface area contributed by atoms with E-state index in [0.29, 0.717) is 0 Å². The molecule has 0 aromatic heterocycles. The number of amides is 2. The predicted molar refractivity (Wildman–Crippen MR) is 61.4 cm³/mol. The fourth-order valence-electron chi connectivity index (χ4n) is 1.15. The van der Waals surface area contributed by atoms with Gasteiger partial charge in [-0.15, -0.1) is 0 Å². The van der Waals surface area contributed by atoms with Gasteiger partial charge in [0.25, 0.3) is 0 Å². The minimum absolute atomic E-state index is 0.000425. The van der Waals surface area contributed by atoms with E-state index in [2.05, 4.69) is 16.0 Å². The van der Waals surface area contributed by atoms with Gasteiger partial charge in [-0.05, 0) is 13.8 Å². The van der Waals surface area contributed by atoms with E-state index < -0.39 is 17.9 Å². The van der Waals surface area contributed by atoms with Crippen molar-refractivity contribution in [1.82, 2.24) is 16.0 Å². The van der Waals surface area contributed by atoms with Crippen molar-refractivity contribution in [3.63, 3.8) is 0 Å². The molecule has 0 spiro atoms. The van der Waals surface area contributed by atoms with Gasteiger partial charge in [0.05, 0.1) is 6.54 Å². The number of hydrogen-bond acceptors (Lipinski definition) is 4. The highest BCUT2D eigenvalue weighted by molar-refractivity contribution is 5.82. The van der Waals surface area contributed by atoms with E-state index in [1.165, 1.54) is 6.92 Å². The highest BCUT2D eigenvalue weighted by atomic mass is 16.4. The van der Waals surface area contributed by atoms with Crippen LogP contribution in [0.15, 0.2) is 0 Å². The summed E-state index contributed by atoms with van der Waals surface area (Å²) in [6.07, 6.45) is 0. The first-order valence-electron chi connectivity index (χ1n) is 5.33. The SMILES string of the molecule is CC(=O)NC(CNCC(=O)NC(C)C)C(=O)O. The number of carboxylic acid groups (broad SMARTS) is 1. The molecule has 0 aromatic carbocycles. The average Bonchev–Trinajstić information content (AvgIpc) is 2.13. The molecule has 1 unspecified atom stereocenters. The average molecular weight is 245 g/mol. The summed E-state index contributed by atoms with van der Waals surface area (Å²) in [5, 5.41) is 16.4. The zero-order valence-corrected chi connectivity index (χ0v) is 10.2.